The van der Waals surface area contributed by atoms with Crippen LogP contribution in [0.1, 0.15) is 46.9 Å². The van der Waals surface area contributed by atoms with E-state index in [4.69, 9.17) is 11.6 Å². The zero-order chi connectivity index (χ0) is 18.0. The van der Waals surface area contributed by atoms with E-state index >= 15 is 0 Å². The largest absolute Gasteiger partial charge is 0.325 e. The quantitative estimate of drug-likeness (QED) is 0.630. The first kappa shape index (κ1) is 17.4. The number of nitrogens with zero attached hydrogens (tertiary/aromatic N) is 1. The first-order valence-corrected chi connectivity index (χ1v) is 8.89. The van der Waals surface area contributed by atoms with Crippen molar-refractivity contribution in [2.45, 2.75) is 26.2 Å². The Morgan fingerprint density at radius 1 is 1.12 bits per heavy atom. The molecule has 1 N–H and O–H groups in total. The van der Waals surface area contributed by atoms with Crippen LogP contribution in [0.2, 0.25) is 0 Å². The molecule has 2 aromatic carbocycles. The maximum absolute atomic E-state index is 12.8. The SMILES string of the molecule is CCCCN1C(=O)c2cccc3c(NC(=O)CCCl)ccc(c23)C1=O. The highest BCUT2D eigenvalue weighted by molar-refractivity contribution is 6.27. The van der Waals surface area contributed by atoms with E-state index in [9.17, 15) is 14.4 Å². The van der Waals surface area contributed by atoms with E-state index in [1.54, 1.807) is 30.3 Å². The van der Waals surface area contributed by atoms with Gasteiger partial charge in [0, 0.05) is 46.4 Å². The molecule has 3 rings (SSSR count). The molecule has 25 heavy (non-hydrogen) atoms. The van der Waals surface area contributed by atoms with Crippen molar-refractivity contribution in [2.24, 2.45) is 0 Å². The zero-order valence-electron chi connectivity index (χ0n) is 14.0. The Kier molecular flexibility index (Phi) is 5.04. The van der Waals surface area contributed by atoms with Crippen LogP contribution >= 0.6 is 11.6 Å². The molecule has 1 heterocycles. The topological polar surface area (TPSA) is 66.5 Å². The van der Waals surface area contributed by atoms with Crippen LogP contribution in [0.3, 0.4) is 0 Å². The molecule has 6 heteroatoms. The van der Waals surface area contributed by atoms with Gasteiger partial charge in [0.15, 0.2) is 0 Å². The number of carbonyl (C=O) groups excluding carboxylic acids is 3. The summed E-state index contributed by atoms with van der Waals surface area (Å²) in [5.41, 5.74) is 1.58. The molecule has 0 unspecified atom stereocenters. The number of amides is 3. The van der Waals surface area contributed by atoms with E-state index in [1.807, 2.05) is 6.92 Å². The summed E-state index contributed by atoms with van der Waals surface area (Å²) >= 11 is 5.60. The van der Waals surface area contributed by atoms with Crippen LogP contribution in [0.15, 0.2) is 30.3 Å². The summed E-state index contributed by atoms with van der Waals surface area (Å²) in [6, 6.07) is 8.68. The molecule has 0 aromatic heterocycles. The number of rotatable bonds is 6. The molecule has 0 saturated carbocycles. The molecule has 130 valence electrons. The van der Waals surface area contributed by atoms with Gasteiger partial charge in [-0.05, 0) is 24.6 Å². The van der Waals surface area contributed by atoms with Gasteiger partial charge in [0.1, 0.15) is 0 Å². The maximum atomic E-state index is 12.8. The molecule has 0 aliphatic carbocycles. The predicted octanol–water partition coefficient (Wildman–Crippen LogP) is 3.80. The third-order valence-electron chi connectivity index (χ3n) is 4.32. The van der Waals surface area contributed by atoms with Gasteiger partial charge in [0.25, 0.3) is 11.8 Å². The minimum Gasteiger partial charge on any atom is -0.325 e. The number of benzene rings is 2. The van der Waals surface area contributed by atoms with Crippen LogP contribution in [0.4, 0.5) is 5.69 Å². The molecule has 2 aromatic rings. The third kappa shape index (κ3) is 3.12. The van der Waals surface area contributed by atoms with Gasteiger partial charge in [-0.15, -0.1) is 11.6 Å². The second-order valence-corrected chi connectivity index (χ2v) is 6.37. The molecule has 0 saturated heterocycles. The molecule has 0 fully saturated rings. The summed E-state index contributed by atoms with van der Waals surface area (Å²) < 4.78 is 0. The van der Waals surface area contributed by atoms with E-state index in [0.717, 1.165) is 12.8 Å². The van der Waals surface area contributed by atoms with E-state index in [1.165, 1.54) is 4.90 Å². The lowest BCUT2D eigenvalue weighted by atomic mass is 9.93. The van der Waals surface area contributed by atoms with Crippen LogP contribution in [0.5, 0.6) is 0 Å². The van der Waals surface area contributed by atoms with E-state index in [0.29, 0.717) is 34.1 Å². The van der Waals surface area contributed by atoms with Crippen LogP contribution in [-0.2, 0) is 4.79 Å². The smallest absolute Gasteiger partial charge is 0.261 e. The average Bonchev–Trinajstić information content (AvgIpc) is 2.60. The fraction of sp³-hybridized carbons (Fsp3) is 0.316. The fourth-order valence-electron chi connectivity index (χ4n) is 3.07. The Balaban J connectivity index is 2.09. The first-order chi connectivity index (χ1) is 12.1. The monoisotopic (exact) mass is 358 g/mol. The summed E-state index contributed by atoms with van der Waals surface area (Å²) in [4.78, 5) is 38.7. The molecule has 1 aliphatic heterocycles. The number of anilines is 1. The third-order valence-corrected chi connectivity index (χ3v) is 4.51. The van der Waals surface area contributed by atoms with Gasteiger partial charge in [-0.2, -0.15) is 0 Å². The van der Waals surface area contributed by atoms with Gasteiger partial charge in [0.05, 0.1) is 0 Å². The normalized spacial score (nSPS) is 13.4. The van der Waals surface area contributed by atoms with E-state index in [-0.39, 0.29) is 30.0 Å². The number of hydrogen-bond donors (Lipinski definition) is 1. The van der Waals surface area contributed by atoms with Crippen LogP contribution in [0.25, 0.3) is 10.8 Å². The van der Waals surface area contributed by atoms with Crippen molar-refractivity contribution < 1.29 is 14.4 Å². The minimum absolute atomic E-state index is 0.200. The maximum Gasteiger partial charge on any atom is 0.261 e. The summed E-state index contributed by atoms with van der Waals surface area (Å²) in [5.74, 6) is -0.522. The van der Waals surface area contributed by atoms with Crippen molar-refractivity contribution in [2.75, 3.05) is 17.7 Å². The Bertz CT molecular complexity index is 841. The fourth-order valence-corrected chi connectivity index (χ4v) is 3.24. The molecule has 0 radical (unpaired) electrons. The molecule has 0 atom stereocenters. The van der Waals surface area contributed by atoms with Crippen LogP contribution in [0, 0.1) is 0 Å². The lowest BCUT2D eigenvalue weighted by molar-refractivity contribution is -0.115. The number of carbonyl (C=O) groups is 3. The number of nitrogens with one attached hydrogen (secondary N) is 1. The van der Waals surface area contributed by atoms with Gasteiger partial charge < -0.3 is 5.32 Å². The highest BCUT2D eigenvalue weighted by atomic mass is 35.5. The summed E-state index contributed by atoms with van der Waals surface area (Å²) in [6.45, 7) is 2.43. The molecule has 0 bridgehead atoms. The number of alkyl halides is 1. The summed E-state index contributed by atoms with van der Waals surface area (Å²) in [6.07, 6.45) is 1.88. The van der Waals surface area contributed by atoms with Crippen molar-refractivity contribution >= 4 is 45.8 Å². The van der Waals surface area contributed by atoms with Gasteiger partial charge in [0.2, 0.25) is 5.91 Å². The second kappa shape index (κ2) is 7.23. The number of hydrogen-bond acceptors (Lipinski definition) is 3. The van der Waals surface area contributed by atoms with Crippen LogP contribution < -0.4 is 5.32 Å². The van der Waals surface area contributed by atoms with Gasteiger partial charge >= 0.3 is 0 Å². The highest BCUT2D eigenvalue weighted by Crippen LogP contribution is 2.34. The molecule has 1 aliphatic rings. The predicted molar refractivity (Wildman–Crippen MR) is 98.2 cm³/mol. The molecular formula is C19H19ClN2O3. The van der Waals surface area contributed by atoms with Crippen molar-refractivity contribution in [1.29, 1.82) is 0 Å². The molecule has 0 spiro atoms. The number of imide groups is 1. The van der Waals surface area contributed by atoms with Gasteiger partial charge in [-0.25, -0.2) is 0 Å². The average molecular weight is 359 g/mol. The Labute approximate surface area is 150 Å². The number of unbranched alkanes of at least 4 members (excludes halogenated alkanes) is 1. The lowest BCUT2D eigenvalue weighted by Crippen LogP contribution is -2.40. The highest BCUT2D eigenvalue weighted by Gasteiger charge is 2.32. The van der Waals surface area contributed by atoms with Crippen molar-refractivity contribution in [3.63, 3.8) is 0 Å². The lowest BCUT2D eigenvalue weighted by Gasteiger charge is -2.27. The zero-order valence-corrected chi connectivity index (χ0v) is 14.7. The standard InChI is InChI=1S/C19H19ClN2O3/c1-2-3-11-22-18(24)13-6-4-5-12-15(21-16(23)9-10-20)8-7-14(17(12)13)19(22)25/h4-8H,2-3,9-11H2,1H3,(H,21,23). The van der Waals surface area contributed by atoms with Gasteiger partial charge in [-0.3, -0.25) is 19.3 Å². The summed E-state index contributed by atoms with van der Waals surface area (Å²) in [7, 11) is 0. The Morgan fingerprint density at radius 2 is 1.84 bits per heavy atom. The van der Waals surface area contributed by atoms with Crippen molar-refractivity contribution in [3.05, 3.63) is 41.5 Å². The molecule has 5 nitrogen and oxygen atoms in total. The van der Waals surface area contributed by atoms with E-state index < -0.39 is 0 Å². The Morgan fingerprint density at radius 3 is 2.52 bits per heavy atom. The number of halogens is 1. The molecular weight excluding hydrogens is 340 g/mol. The van der Waals surface area contributed by atoms with Crippen LogP contribution in [-0.4, -0.2) is 35.0 Å². The first-order valence-electron chi connectivity index (χ1n) is 8.36. The van der Waals surface area contributed by atoms with Gasteiger partial charge in [-0.1, -0.05) is 25.5 Å². The Hall–Kier alpha value is -2.40. The van der Waals surface area contributed by atoms with E-state index in [2.05, 4.69) is 5.32 Å². The van der Waals surface area contributed by atoms with Crippen molar-refractivity contribution in [1.82, 2.24) is 4.90 Å². The molecule has 3 amide bonds. The van der Waals surface area contributed by atoms with Crippen molar-refractivity contribution in [3.8, 4) is 0 Å². The summed E-state index contributed by atoms with van der Waals surface area (Å²) in [5, 5.41) is 4.10. The minimum atomic E-state index is -0.277. The second-order valence-electron chi connectivity index (χ2n) is 5.99.